The lowest BCUT2D eigenvalue weighted by Crippen LogP contribution is -2.56. The number of halogens is 2. The van der Waals surface area contributed by atoms with Crippen molar-refractivity contribution in [2.45, 2.75) is 76.8 Å². The molecule has 3 unspecified atom stereocenters. The Bertz CT molecular complexity index is 1620. The first-order valence-electron chi connectivity index (χ1n) is 18.2. The largest absolute Gasteiger partial charge is 0.466 e. The average Bonchev–Trinajstić information content (AvgIpc) is 3.75. The van der Waals surface area contributed by atoms with Crippen LogP contribution in [-0.2, 0) is 30.3 Å². The number of benzene rings is 1. The molecule has 51 heavy (non-hydrogen) atoms. The van der Waals surface area contributed by atoms with Gasteiger partial charge in [-0.15, -0.1) is 11.3 Å². The molecule has 4 aliphatic rings. The van der Waals surface area contributed by atoms with Gasteiger partial charge in [0.15, 0.2) is 0 Å². The molecule has 2 aliphatic heterocycles. The van der Waals surface area contributed by atoms with Gasteiger partial charge in [0.1, 0.15) is 0 Å². The van der Waals surface area contributed by atoms with E-state index in [-0.39, 0.29) is 33.5 Å². The van der Waals surface area contributed by atoms with Crippen LogP contribution in [-0.4, -0.2) is 103 Å². The predicted molar refractivity (Wildman–Crippen MR) is 200 cm³/mol. The lowest BCUT2D eigenvalue weighted by atomic mass is 9.78. The van der Waals surface area contributed by atoms with Crippen molar-refractivity contribution in [2.75, 3.05) is 53.5 Å². The number of amides is 1. The summed E-state index contributed by atoms with van der Waals surface area (Å²) in [6, 6.07) is 6.30. The highest BCUT2D eigenvalue weighted by Crippen LogP contribution is 2.47. The number of rotatable bonds is 12. The number of hydrogen-bond donors (Lipinski definition) is 1. The van der Waals surface area contributed by atoms with Crippen molar-refractivity contribution in [3.8, 4) is 0 Å². The number of nitrogens with one attached hydrogen (secondary N) is 1. The van der Waals surface area contributed by atoms with Gasteiger partial charge in [-0.3, -0.25) is 9.69 Å². The maximum absolute atomic E-state index is 14.1. The van der Waals surface area contributed by atoms with Gasteiger partial charge in [0.05, 0.1) is 42.7 Å². The fourth-order valence-corrected chi connectivity index (χ4v) is 10.4. The molecule has 13 heteroatoms. The normalized spacial score (nSPS) is 25.3. The van der Waals surface area contributed by atoms with Crippen LogP contribution < -0.4 is 5.32 Å². The van der Waals surface area contributed by atoms with Gasteiger partial charge in [-0.2, -0.15) is 0 Å². The summed E-state index contributed by atoms with van der Waals surface area (Å²) < 4.78 is 10.6. The molecule has 3 fully saturated rings. The van der Waals surface area contributed by atoms with Gasteiger partial charge in [-0.05, 0) is 69.2 Å². The van der Waals surface area contributed by atoms with E-state index in [9.17, 15) is 14.4 Å². The topological polar surface area (TPSA) is 104 Å². The molecule has 1 N–H and O–H groups in total. The summed E-state index contributed by atoms with van der Waals surface area (Å²) in [5, 5.41) is 6.67. The number of allylic oxidation sites excluding steroid dienone is 1. The molecule has 3 heterocycles. The molecule has 276 valence electrons. The molecule has 1 amide bonds. The van der Waals surface area contributed by atoms with Crippen LogP contribution in [0.2, 0.25) is 10.0 Å². The van der Waals surface area contributed by atoms with Gasteiger partial charge in [0.2, 0.25) is 5.91 Å². The third-order valence-electron chi connectivity index (χ3n) is 11.5. The van der Waals surface area contributed by atoms with E-state index in [0.717, 1.165) is 43.0 Å². The fourth-order valence-electron chi connectivity index (χ4n) is 9.14. The highest BCUT2D eigenvalue weighted by atomic mass is 35.5. The molecule has 0 spiro atoms. The van der Waals surface area contributed by atoms with Crippen LogP contribution >= 0.6 is 34.5 Å². The summed E-state index contributed by atoms with van der Waals surface area (Å²) in [6.45, 7) is 9.67. The number of aromatic nitrogens is 1. The SMILES string of the molecule is CCN(CC)C1C2CCC1CC(N1CCN(C(=O)CC3=C(C(=O)OC)C(c4c(Cl)cccc4Cl)C(C(=O)OC)=C(CCc4nccs4)N3)CC1)C2. The summed E-state index contributed by atoms with van der Waals surface area (Å²) >= 11 is 15.0. The molecule has 2 saturated carbocycles. The number of esters is 2. The second-order valence-corrected chi connectivity index (χ2v) is 15.7. The molecule has 1 aromatic heterocycles. The molecular formula is C38H49Cl2N5O5S. The highest BCUT2D eigenvalue weighted by molar-refractivity contribution is 7.09. The number of thiazole rings is 1. The van der Waals surface area contributed by atoms with Crippen LogP contribution in [0.25, 0.3) is 0 Å². The smallest absolute Gasteiger partial charge is 0.336 e. The Kier molecular flexibility index (Phi) is 12.4. The van der Waals surface area contributed by atoms with Gasteiger partial charge >= 0.3 is 11.9 Å². The fraction of sp³-hybridized carbons (Fsp3) is 0.579. The van der Waals surface area contributed by atoms with Gasteiger partial charge in [-0.1, -0.05) is 43.1 Å². The van der Waals surface area contributed by atoms with E-state index in [0.29, 0.717) is 55.0 Å². The first-order valence-corrected chi connectivity index (χ1v) is 19.8. The zero-order chi connectivity index (χ0) is 36.2. The molecule has 2 bridgehead atoms. The van der Waals surface area contributed by atoms with Crippen LogP contribution in [0.5, 0.6) is 0 Å². The summed E-state index contributed by atoms with van der Waals surface area (Å²) in [4.78, 5) is 53.0. The first-order chi connectivity index (χ1) is 24.7. The summed E-state index contributed by atoms with van der Waals surface area (Å²) in [7, 11) is 2.57. The van der Waals surface area contributed by atoms with Gasteiger partial charge < -0.3 is 24.6 Å². The molecule has 1 aromatic carbocycles. The number of piperazine rings is 1. The zero-order valence-electron chi connectivity index (χ0n) is 30.0. The Balaban J connectivity index is 1.24. The number of carbonyl (C=O) groups is 3. The molecule has 3 atom stereocenters. The monoisotopic (exact) mass is 757 g/mol. The Morgan fingerprint density at radius 1 is 0.922 bits per heavy atom. The summed E-state index contributed by atoms with van der Waals surface area (Å²) in [5.74, 6) is -0.955. The van der Waals surface area contributed by atoms with E-state index in [1.165, 1.54) is 51.2 Å². The highest BCUT2D eigenvalue weighted by Gasteiger charge is 2.47. The van der Waals surface area contributed by atoms with E-state index >= 15 is 0 Å². The minimum absolute atomic E-state index is 0.0860. The number of aryl methyl sites for hydroxylation is 1. The van der Waals surface area contributed by atoms with Gasteiger partial charge in [0, 0.05) is 83.3 Å². The number of dihydropyridines is 1. The standard InChI is InChI=1S/C38H49Cl2N5O5S/c1-5-43(6-2)36-23-10-11-24(36)21-25(20-23)44-15-17-45(18-16-44)31(46)22-29-34(38(48)50-4)35(32-26(39)8-7-9-27(32)40)33(37(47)49-3)28(42-29)12-13-30-41-14-19-51-30/h7-9,14,19,23-25,35-36,42H,5-6,10-13,15-18,20-22H2,1-4H3. The van der Waals surface area contributed by atoms with E-state index in [2.05, 4.69) is 33.9 Å². The molecular weight excluding hydrogens is 709 g/mol. The number of carbonyl (C=O) groups excluding carboxylic acids is 3. The molecule has 2 aromatic rings. The zero-order valence-corrected chi connectivity index (χ0v) is 32.3. The van der Waals surface area contributed by atoms with Crippen LogP contribution in [0.4, 0.5) is 0 Å². The van der Waals surface area contributed by atoms with Crippen LogP contribution in [0.1, 0.15) is 68.9 Å². The second-order valence-electron chi connectivity index (χ2n) is 13.9. The van der Waals surface area contributed by atoms with Crippen molar-refractivity contribution in [3.63, 3.8) is 0 Å². The predicted octanol–water partition coefficient (Wildman–Crippen LogP) is 6.06. The van der Waals surface area contributed by atoms with Gasteiger partial charge in [-0.25, -0.2) is 14.6 Å². The van der Waals surface area contributed by atoms with Crippen molar-refractivity contribution in [3.05, 3.63) is 72.9 Å². The number of hydrogen-bond acceptors (Lipinski definition) is 10. The number of nitrogens with zero attached hydrogens (tertiary/aromatic N) is 4. The minimum Gasteiger partial charge on any atom is -0.466 e. The molecule has 0 radical (unpaired) electrons. The Morgan fingerprint density at radius 2 is 1.53 bits per heavy atom. The van der Waals surface area contributed by atoms with Crippen LogP contribution in [0.3, 0.4) is 0 Å². The van der Waals surface area contributed by atoms with Crippen LogP contribution in [0, 0.1) is 11.8 Å². The Morgan fingerprint density at radius 3 is 2.08 bits per heavy atom. The van der Waals surface area contributed by atoms with Crippen molar-refractivity contribution in [1.29, 1.82) is 0 Å². The van der Waals surface area contributed by atoms with E-state index in [1.54, 1.807) is 24.4 Å². The minimum atomic E-state index is -1.03. The molecule has 1 saturated heterocycles. The van der Waals surface area contributed by atoms with Crippen molar-refractivity contribution < 1.29 is 23.9 Å². The van der Waals surface area contributed by atoms with E-state index in [4.69, 9.17) is 32.7 Å². The van der Waals surface area contributed by atoms with Crippen molar-refractivity contribution in [2.24, 2.45) is 11.8 Å². The number of fused-ring (bicyclic) bond motifs is 2. The molecule has 2 aliphatic carbocycles. The van der Waals surface area contributed by atoms with Crippen LogP contribution in [0.15, 0.2) is 52.3 Å². The molecule has 6 rings (SSSR count). The Labute approximate surface area is 315 Å². The van der Waals surface area contributed by atoms with E-state index < -0.39 is 17.9 Å². The van der Waals surface area contributed by atoms with Gasteiger partial charge in [0.25, 0.3) is 0 Å². The molecule has 10 nitrogen and oxygen atoms in total. The quantitative estimate of drug-likeness (QED) is 0.259. The lowest BCUT2D eigenvalue weighted by Gasteiger charge is -2.47. The maximum atomic E-state index is 14.1. The number of methoxy groups -OCH3 is 2. The van der Waals surface area contributed by atoms with Crippen molar-refractivity contribution in [1.82, 2.24) is 25.0 Å². The third kappa shape index (κ3) is 7.88. The summed E-state index contributed by atoms with van der Waals surface area (Å²) in [6.07, 6.45) is 7.66. The second kappa shape index (κ2) is 16.8. The van der Waals surface area contributed by atoms with Crippen molar-refractivity contribution >= 4 is 52.4 Å². The van der Waals surface area contributed by atoms with E-state index in [1.807, 2.05) is 10.3 Å². The lowest BCUT2D eigenvalue weighted by molar-refractivity contribution is -0.137. The number of ether oxygens (including phenoxy) is 2. The first kappa shape index (κ1) is 37.8. The third-order valence-corrected chi connectivity index (χ3v) is 13.0. The maximum Gasteiger partial charge on any atom is 0.336 e. The Hall–Kier alpha value is -2.96. The average molecular weight is 759 g/mol. The summed E-state index contributed by atoms with van der Waals surface area (Å²) in [5.41, 5.74) is 1.56.